The molecule has 132 valence electrons. The van der Waals surface area contributed by atoms with Crippen LogP contribution in [0.2, 0.25) is 0 Å². The second kappa shape index (κ2) is 8.23. The molecule has 0 aliphatic carbocycles. The maximum atomic E-state index is 11.3. The van der Waals surface area contributed by atoms with Crippen LogP contribution in [0.1, 0.15) is 26.3 Å². The molecule has 1 aromatic rings. The van der Waals surface area contributed by atoms with Crippen molar-refractivity contribution in [3.05, 3.63) is 35.9 Å². The average Bonchev–Trinajstić information content (AvgIpc) is 2.53. The van der Waals surface area contributed by atoms with Gasteiger partial charge in [0.2, 0.25) is 0 Å². The van der Waals surface area contributed by atoms with E-state index >= 15 is 0 Å². The maximum absolute atomic E-state index is 11.3. The molecule has 0 spiro atoms. The van der Waals surface area contributed by atoms with Crippen LogP contribution in [-0.4, -0.2) is 47.8 Å². The summed E-state index contributed by atoms with van der Waals surface area (Å²) in [4.78, 5) is 22.6. The summed E-state index contributed by atoms with van der Waals surface area (Å²) in [5.74, 6) is -1.14. The Morgan fingerprint density at radius 1 is 1.08 bits per heavy atom. The molecule has 7 heteroatoms. The molecule has 5 atom stereocenters. The van der Waals surface area contributed by atoms with Gasteiger partial charge in [0.25, 0.3) is 0 Å². The first-order valence-corrected chi connectivity index (χ1v) is 7.72. The molecule has 0 radical (unpaired) electrons. The fourth-order valence-electron chi connectivity index (χ4n) is 2.56. The zero-order chi connectivity index (χ0) is 17.7. The summed E-state index contributed by atoms with van der Waals surface area (Å²) in [6, 6.07) is 9.39. The van der Waals surface area contributed by atoms with Gasteiger partial charge in [-0.2, -0.15) is 0 Å². The van der Waals surface area contributed by atoms with Gasteiger partial charge in [0.1, 0.15) is 6.10 Å². The van der Waals surface area contributed by atoms with E-state index in [4.69, 9.17) is 18.9 Å². The number of ether oxygens (including phenoxy) is 4. The van der Waals surface area contributed by atoms with Gasteiger partial charge >= 0.3 is 11.9 Å². The number of carbonyl (C=O) groups excluding carboxylic acids is 2. The van der Waals surface area contributed by atoms with E-state index in [1.807, 2.05) is 30.3 Å². The number of carbonyl (C=O) groups is 2. The lowest BCUT2D eigenvalue weighted by Crippen LogP contribution is -2.59. The Balaban J connectivity index is 2.08. The molecular formula is C17H22O7. The molecule has 0 aromatic heterocycles. The van der Waals surface area contributed by atoms with Crippen molar-refractivity contribution in [3.63, 3.8) is 0 Å². The highest BCUT2D eigenvalue weighted by atomic mass is 16.7. The van der Waals surface area contributed by atoms with Crippen molar-refractivity contribution in [2.45, 2.75) is 58.1 Å². The summed E-state index contributed by atoms with van der Waals surface area (Å²) < 4.78 is 21.5. The van der Waals surface area contributed by atoms with Crippen LogP contribution in [0.5, 0.6) is 0 Å². The lowest BCUT2D eigenvalue weighted by molar-refractivity contribution is -0.300. The molecule has 24 heavy (non-hydrogen) atoms. The number of rotatable bonds is 5. The molecule has 7 nitrogen and oxygen atoms in total. The van der Waals surface area contributed by atoms with Gasteiger partial charge in [-0.1, -0.05) is 30.3 Å². The van der Waals surface area contributed by atoms with Crippen LogP contribution in [-0.2, 0) is 35.1 Å². The number of hydrogen-bond acceptors (Lipinski definition) is 7. The highest BCUT2D eigenvalue weighted by molar-refractivity contribution is 5.67. The topological polar surface area (TPSA) is 91.3 Å². The van der Waals surface area contributed by atoms with Gasteiger partial charge in [0.05, 0.1) is 12.7 Å². The summed E-state index contributed by atoms with van der Waals surface area (Å²) in [6.45, 7) is 4.34. The van der Waals surface area contributed by atoms with Crippen molar-refractivity contribution in [1.82, 2.24) is 0 Å². The predicted octanol–water partition coefficient (Wildman–Crippen LogP) is 1.17. The Hall–Kier alpha value is -1.96. The quantitative estimate of drug-likeness (QED) is 0.806. The highest BCUT2D eigenvalue weighted by Gasteiger charge is 2.48. The minimum atomic E-state index is -1.28. The molecule has 1 aliphatic rings. The summed E-state index contributed by atoms with van der Waals surface area (Å²) in [5.41, 5.74) is 0.909. The molecule has 2 rings (SSSR count). The first kappa shape index (κ1) is 18.4. The number of esters is 2. The third-order valence-corrected chi connectivity index (χ3v) is 3.61. The van der Waals surface area contributed by atoms with Crippen LogP contribution < -0.4 is 0 Å². The molecule has 0 bridgehead atoms. The second-order valence-electron chi connectivity index (χ2n) is 5.64. The fraction of sp³-hybridized carbons (Fsp3) is 0.529. The zero-order valence-corrected chi connectivity index (χ0v) is 13.9. The van der Waals surface area contributed by atoms with Crippen molar-refractivity contribution < 1.29 is 33.6 Å². The van der Waals surface area contributed by atoms with Crippen molar-refractivity contribution in [1.29, 1.82) is 0 Å². The normalized spacial score (nSPS) is 29.8. The van der Waals surface area contributed by atoms with Crippen molar-refractivity contribution in [3.8, 4) is 0 Å². The maximum Gasteiger partial charge on any atom is 0.303 e. The molecule has 1 aromatic carbocycles. The zero-order valence-electron chi connectivity index (χ0n) is 13.9. The lowest BCUT2D eigenvalue weighted by Gasteiger charge is -2.42. The van der Waals surface area contributed by atoms with E-state index in [0.29, 0.717) is 0 Å². The van der Waals surface area contributed by atoms with Crippen LogP contribution in [0.4, 0.5) is 0 Å². The van der Waals surface area contributed by atoms with Gasteiger partial charge < -0.3 is 24.1 Å². The fourth-order valence-corrected chi connectivity index (χ4v) is 2.56. The third-order valence-electron chi connectivity index (χ3n) is 3.61. The van der Waals surface area contributed by atoms with E-state index in [-0.39, 0.29) is 6.61 Å². The minimum Gasteiger partial charge on any atom is -0.456 e. The number of hydrogen-bond donors (Lipinski definition) is 1. The Labute approximate surface area is 140 Å². The standard InChI is InChI=1S/C17H22O7/c1-10-15(23-11(2)18)16(24-12(3)19)14(20)17(22-10)21-9-13-7-5-4-6-8-13/h4-8,10,14-17,20H,9H2,1-3H3/t10-,14-,15+,16-,17-/m1/s1. The van der Waals surface area contributed by atoms with Crippen LogP contribution in [0, 0.1) is 0 Å². The molecule has 1 saturated heterocycles. The summed E-state index contributed by atoms with van der Waals surface area (Å²) in [6.07, 6.45) is -4.86. The SMILES string of the molecule is CC(=O)O[C@@H]1[C@@H](O)[C@H](OCc2ccccc2)O[C@H](C)[C@@H]1OC(C)=O. The molecule has 1 N–H and O–H groups in total. The first-order chi connectivity index (χ1) is 11.4. The van der Waals surface area contributed by atoms with Crippen LogP contribution >= 0.6 is 0 Å². The van der Waals surface area contributed by atoms with Gasteiger partial charge in [-0.25, -0.2) is 0 Å². The first-order valence-electron chi connectivity index (χ1n) is 7.72. The van der Waals surface area contributed by atoms with Crippen molar-refractivity contribution >= 4 is 11.9 Å². The van der Waals surface area contributed by atoms with Crippen molar-refractivity contribution in [2.24, 2.45) is 0 Å². The summed E-state index contributed by atoms with van der Waals surface area (Å²) in [5, 5.41) is 10.4. The molecular weight excluding hydrogens is 316 g/mol. The molecule has 0 amide bonds. The molecule has 1 heterocycles. The van der Waals surface area contributed by atoms with Gasteiger partial charge in [0.15, 0.2) is 18.5 Å². The Morgan fingerprint density at radius 2 is 1.67 bits per heavy atom. The smallest absolute Gasteiger partial charge is 0.303 e. The van der Waals surface area contributed by atoms with Crippen LogP contribution in [0.25, 0.3) is 0 Å². The summed E-state index contributed by atoms with van der Waals surface area (Å²) in [7, 11) is 0. The average molecular weight is 338 g/mol. The second-order valence-corrected chi connectivity index (χ2v) is 5.64. The Morgan fingerprint density at radius 3 is 2.25 bits per heavy atom. The Bertz CT molecular complexity index is 559. The minimum absolute atomic E-state index is 0.223. The van der Waals surface area contributed by atoms with E-state index in [1.165, 1.54) is 13.8 Å². The van der Waals surface area contributed by atoms with E-state index < -0.39 is 42.6 Å². The molecule has 1 fully saturated rings. The van der Waals surface area contributed by atoms with E-state index in [9.17, 15) is 14.7 Å². The van der Waals surface area contributed by atoms with Gasteiger partial charge in [-0.15, -0.1) is 0 Å². The van der Waals surface area contributed by atoms with Gasteiger partial charge in [-0.3, -0.25) is 9.59 Å². The highest BCUT2D eigenvalue weighted by Crippen LogP contribution is 2.27. The molecule has 0 unspecified atom stereocenters. The number of benzene rings is 1. The van der Waals surface area contributed by atoms with E-state index in [0.717, 1.165) is 5.56 Å². The van der Waals surface area contributed by atoms with Crippen molar-refractivity contribution in [2.75, 3.05) is 0 Å². The number of aliphatic hydroxyl groups excluding tert-OH is 1. The van der Waals surface area contributed by atoms with Gasteiger partial charge in [-0.05, 0) is 12.5 Å². The van der Waals surface area contributed by atoms with Crippen LogP contribution in [0.3, 0.4) is 0 Å². The van der Waals surface area contributed by atoms with Gasteiger partial charge in [0, 0.05) is 13.8 Å². The largest absolute Gasteiger partial charge is 0.456 e. The Kier molecular flexibility index (Phi) is 6.30. The monoisotopic (exact) mass is 338 g/mol. The molecule has 1 aliphatic heterocycles. The third kappa shape index (κ3) is 4.77. The lowest BCUT2D eigenvalue weighted by atomic mass is 9.99. The van der Waals surface area contributed by atoms with E-state index in [1.54, 1.807) is 6.92 Å². The van der Waals surface area contributed by atoms with E-state index in [2.05, 4.69) is 0 Å². The predicted molar refractivity (Wildman–Crippen MR) is 82.7 cm³/mol. The molecule has 0 saturated carbocycles. The summed E-state index contributed by atoms with van der Waals surface area (Å²) >= 11 is 0. The number of aliphatic hydroxyl groups is 1. The van der Waals surface area contributed by atoms with Crippen LogP contribution in [0.15, 0.2) is 30.3 Å².